The van der Waals surface area contributed by atoms with E-state index in [-0.39, 0.29) is 0 Å². The highest BCUT2D eigenvalue weighted by molar-refractivity contribution is 6.27. The maximum Gasteiger partial charge on any atom is 0.236 e. The van der Waals surface area contributed by atoms with Gasteiger partial charge in [-0.05, 0) is 47.2 Å². The van der Waals surface area contributed by atoms with Gasteiger partial charge in [0.05, 0.1) is 27.8 Å². The molecule has 0 aliphatic heterocycles. The zero-order valence-corrected chi connectivity index (χ0v) is 28.4. The Morgan fingerprint density at radius 3 is 1.92 bits per heavy atom. The Hall–Kier alpha value is -7.24. The van der Waals surface area contributed by atoms with Gasteiger partial charge in [0.15, 0.2) is 5.58 Å². The highest BCUT2D eigenvalue weighted by atomic mass is 16.3. The van der Waals surface area contributed by atoms with Crippen molar-refractivity contribution in [2.45, 2.75) is 0 Å². The molecule has 4 heterocycles. The van der Waals surface area contributed by atoms with Gasteiger partial charge in [-0.2, -0.15) is 0 Å². The maximum absolute atomic E-state index is 6.81. The van der Waals surface area contributed by atoms with Gasteiger partial charge in [0.25, 0.3) is 0 Å². The van der Waals surface area contributed by atoms with Gasteiger partial charge in [-0.25, -0.2) is 9.97 Å². The van der Waals surface area contributed by atoms with Crippen molar-refractivity contribution < 1.29 is 4.42 Å². The number of para-hydroxylation sites is 3. The average molecular weight is 677 g/mol. The zero-order chi connectivity index (χ0) is 34.6. The average Bonchev–Trinajstić information content (AvgIpc) is 3.88. The molecule has 0 saturated heterocycles. The van der Waals surface area contributed by atoms with Gasteiger partial charge in [-0.1, -0.05) is 133 Å². The van der Waals surface area contributed by atoms with Gasteiger partial charge in [-0.15, -0.1) is 0 Å². The second-order valence-corrected chi connectivity index (χ2v) is 13.8. The van der Waals surface area contributed by atoms with Crippen molar-refractivity contribution in [3.63, 3.8) is 0 Å². The van der Waals surface area contributed by atoms with Crippen LogP contribution in [0, 0.1) is 0 Å². The first-order valence-electron chi connectivity index (χ1n) is 17.9. The molecule has 4 aromatic heterocycles. The van der Waals surface area contributed by atoms with E-state index >= 15 is 0 Å². The SMILES string of the molecule is c1ccc(-c2nc(-n3c4c(ccc5c6ccccc6oc54)c4ccc5c6ccccc6n(-c6ccc7ccccc7c6)c5c43)nc3ccccc23)cc1. The van der Waals surface area contributed by atoms with Gasteiger partial charge in [0, 0.05) is 49.0 Å². The highest BCUT2D eigenvalue weighted by Gasteiger charge is 2.26. The first-order valence-corrected chi connectivity index (χ1v) is 17.9. The highest BCUT2D eigenvalue weighted by Crippen LogP contribution is 2.45. The molecule has 0 aliphatic carbocycles. The lowest BCUT2D eigenvalue weighted by atomic mass is 10.1. The molecule has 0 amide bonds. The summed E-state index contributed by atoms with van der Waals surface area (Å²) in [7, 11) is 0. The number of fused-ring (bicyclic) bond motifs is 13. The van der Waals surface area contributed by atoms with Crippen molar-refractivity contribution in [3.8, 4) is 22.9 Å². The van der Waals surface area contributed by atoms with Gasteiger partial charge in [0.1, 0.15) is 11.1 Å². The summed E-state index contributed by atoms with van der Waals surface area (Å²) in [6.45, 7) is 0. The molecule has 5 heteroatoms. The summed E-state index contributed by atoms with van der Waals surface area (Å²) in [6, 6.07) is 60.0. The summed E-state index contributed by atoms with van der Waals surface area (Å²) in [6.07, 6.45) is 0. The van der Waals surface area contributed by atoms with Crippen molar-refractivity contribution in [2.75, 3.05) is 0 Å². The van der Waals surface area contributed by atoms with Crippen molar-refractivity contribution in [2.24, 2.45) is 0 Å². The summed E-state index contributed by atoms with van der Waals surface area (Å²) in [4.78, 5) is 10.8. The van der Waals surface area contributed by atoms with E-state index < -0.39 is 0 Å². The van der Waals surface area contributed by atoms with Crippen molar-refractivity contribution >= 4 is 87.2 Å². The third kappa shape index (κ3) is 3.96. The van der Waals surface area contributed by atoms with E-state index in [0.29, 0.717) is 5.95 Å². The Balaban J connectivity index is 1.33. The van der Waals surface area contributed by atoms with E-state index in [1.807, 2.05) is 24.3 Å². The third-order valence-corrected chi connectivity index (χ3v) is 10.9. The van der Waals surface area contributed by atoms with Gasteiger partial charge in [-0.3, -0.25) is 4.57 Å². The lowest BCUT2D eigenvalue weighted by Gasteiger charge is -2.14. The van der Waals surface area contributed by atoms with Crippen LogP contribution < -0.4 is 0 Å². The quantitative estimate of drug-likeness (QED) is 0.187. The van der Waals surface area contributed by atoms with E-state index in [9.17, 15) is 0 Å². The molecular formula is C48H28N4O. The number of hydrogen-bond acceptors (Lipinski definition) is 3. The first kappa shape index (κ1) is 28.5. The van der Waals surface area contributed by atoms with E-state index in [2.05, 4.69) is 155 Å². The topological polar surface area (TPSA) is 48.8 Å². The smallest absolute Gasteiger partial charge is 0.236 e. The Labute approximate surface area is 302 Å². The predicted molar refractivity (Wildman–Crippen MR) is 218 cm³/mol. The number of rotatable bonds is 3. The maximum atomic E-state index is 6.81. The molecule has 0 atom stereocenters. The van der Waals surface area contributed by atoms with Crippen molar-refractivity contribution in [1.29, 1.82) is 0 Å². The van der Waals surface area contributed by atoms with Gasteiger partial charge in [0.2, 0.25) is 5.95 Å². The normalized spacial score (nSPS) is 12.2. The summed E-state index contributed by atoms with van der Waals surface area (Å²) in [5.74, 6) is 0.596. The van der Waals surface area contributed by atoms with E-state index in [1.165, 1.54) is 16.2 Å². The molecule has 0 fully saturated rings. The Morgan fingerprint density at radius 1 is 0.415 bits per heavy atom. The minimum atomic E-state index is 0.596. The van der Waals surface area contributed by atoms with Gasteiger partial charge >= 0.3 is 0 Å². The Kier molecular flexibility index (Phi) is 5.71. The van der Waals surface area contributed by atoms with Crippen molar-refractivity contribution in [1.82, 2.24) is 19.1 Å². The molecule has 0 saturated carbocycles. The zero-order valence-electron chi connectivity index (χ0n) is 28.4. The molecular weight excluding hydrogens is 649 g/mol. The lowest BCUT2D eigenvalue weighted by molar-refractivity contribution is 0.671. The molecule has 5 nitrogen and oxygen atoms in total. The van der Waals surface area contributed by atoms with Crippen LogP contribution in [0.2, 0.25) is 0 Å². The van der Waals surface area contributed by atoms with Crippen LogP contribution in [-0.2, 0) is 0 Å². The van der Waals surface area contributed by atoms with Crippen LogP contribution in [0.3, 0.4) is 0 Å². The lowest BCUT2D eigenvalue weighted by Crippen LogP contribution is -2.05. The fraction of sp³-hybridized carbons (Fsp3) is 0. The minimum absolute atomic E-state index is 0.596. The van der Waals surface area contributed by atoms with Crippen LogP contribution in [-0.4, -0.2) is 19.1 Å². The third-order valence-electron chi connectivity index (χ3n) is 10.9. The molecule has 0 N–H and O–H groups in total. The first-order chi connectivity index (χ1) is 26.3. The number of nitrogens with zero attached hydrogens (tertiary/aromatic N) is 4. The molecule has 12 rings (SSSR count). The molecule has 8 aromatic carbocycles. The van der Waals surface area contributed by atoms with Crippen LogP contribution >= 0.6 is 0 Å². The van der Waals surface area contributed by atoms with E-state index in [1.54, 1.807) is 0 Å². The summed E-state index contributed by atoms with van der Waals surface area (Å²) in [5, 5.41) is 10.1. The molecule has 0 unspecified atom stereocenters. The van der Waals surface area contributed by atoms with Crippen LogP contribution in [0.25, 0.3) is 110 Å². The fourth-order valence-corrected chi connectivity index (χ4v) is 8.57. The summed E-state index contributed by atoms with van der Waals surface area (Å²) < 4.78 is 11.5. The molecule has 0 aliphatic rings. The second-order valence-electron chi connectivity index (χ2n) is 13.8. The molecule has 12 aromatic rings. The second kappa shape index (κ2) is 10.6. The molecule has 246 valence electrons. The number of hydrogen-bond donors (Lipinski definition) is 0. The minimum Gasteiger partial charge on any atom is -0.454 e. The van der Waals surface area contributed by atoms with E-state index in [0.717, 1.165) is 88.0 Å². The van der Waals surface area contributed by atoms with Crippen LogP contribution in [0.5, 0.6) is 0 Å². The van der Waals surface area contributed by atoms with Crippen LogP contribution in [0.1, 0.15) is 0 Å². The monoisotopic (exact) mass is 676 g/mol. The molecule has 0 spiro atoms. The number of furan rings is 1. The number of benzene rings is 8. The van der Waals surface area contributed by atoms with E-state index in [4.69, 9.17) is 14.4 Å². The largest absolute Gasteiger partial charge is 0.454 e. The van der Waals surface area contributed by atoms with Crippen LogP contribution in [0.15, 0.2) is 174 Å². The molecule has 53 heavy (non-hydrogen) atoms. The summed E-state index contributed by atoms with van der Waals surface area (Å²) in [5.41, 5.74) is 9.79. The Bertz CT molecular complexity index is 3460. The van der Waals surface area contributed by atoms with Crippen LogP contribution in [0.4, 0.5) is 0 Å². The predicted octanol–water partition coefficient (Wildman–Crippen LogP) is 12.5. The Morgan fingerprint density at radius 2 is 1.06 bits per heavy atom. The molecule has 0 radical (unpaired) electrons. The molecule has 0 bridgehead atoms. The van der Waals surface area contributed by atoms with Gasteiger partial charge < -0.3 is 8.98 Å². The fourth-order valence-electron chi connectivity index (χ4n) is 8.57. The standard InChI is InChI=1S/C48H28N4O/c1-2-13-30(14-3-1)43-39-18-6-9-19-40(39)49-48(50-43)52-45-36(37-26-27-38-34-17-8-11-21-42(34)53-47(38)46(37)52)25-24-35-33-16-7-10-20-41(33)51(44(35)45)32-23-22-29-12-4-5-15-31(29)28-32/h1-28H. The summed E-state index contributed by atoms with van der Waals surface area (Å²) >= 11 is 0. The number of aromatic nitrogens is 4. The van der Waals surface area contributed by atoms with Crippen molar-refractivity contribution in [3.05, 3.63) is 170 Å².